The highest BCUT2D eigenvalue weighted by atomic mass is 35.5. The van der Waals surface area contributed by atoms with E-state index in [1.807, 2.05) is 0 Å². The fourth-order valence-electron chi connectivity index (χ4n) is 2.02. The van der Waals surface area contributed by atoms with Crippen LogP contribution in [0.4, 0.5) is 0 Å². The van der Waals surface area contributed by atoms with Gasteiger partial charge in [-0.15, -0.1) is 0 Å². The minimum atomic E-state index is -0.206. The van der Waals surface area contributed by atoms with Crippen molar-refractivity contribution < 1.29 is 14.3 Å². The van der Waals surface area contributed by atoms with Crippen molar-refractivity contribution in [3.8, 4) is 0 Å². The summed E-state index contributed by atoms with van der Waals surface area (Å²) in [6.07, 6.45) is 3.66. The molecule has 0 saturated heterocycles. The number of hydrogen-bond donors (Lipinski definition) is 2. The average Bonchev–Trinajstić information content (AvgIpc) is 3.35. The number of halogens is 1. The third kappa shape index (κ3) is 7.48. The van der Waals surface area contributed by atoms with Gasteiger partial charge in [-0.1, -0.05) is 11.6 Å². The summed E-state index contributed by atoms with van der Waals surface area (Å²) in [4.78, 5) is 23.5. The van der Waals surface area contributed by atoms with Crippen LogP contribution >= 0.6 is 11.6 Å². The van der Waals surface area contributed by atoms with E-state index in [1.54, 1.807) is 24.3 Å². The van der Waals surface area contributed by atoms with E-state index in [9.17, 15) is 9.59 Å². The van der Waals surface area contributed by atoms with Gasteiger partial charge in [0.1, 0.15) is 0 Å². The molecule has 2 amide bonds. The van der Waals surface area contributed by atoms with Gasteiger partial charge in [-0.2, -0.15) is 0 Å². The lowest BCUT2D eigenvalue weighted by molar-refractivity contribution is -0.121. The topological polar surface area (TPSA) is 67.4 Å². The number of nitrogens with one attached hydrogen (secondary N) is 2. The first-order valence-corrected chi connectivity index (χ1v) is 8.41. The quantitative estimate of drug-likeness (QED) is 0.644. The third-order valence-electron chi connectivity index (χ3n) is 3.58. The second-order valence-corrected chi connectivity index (χ2v) is 6.17. The molecule has 1 saturated carbocycles. The molecule has 0 unspecified atom stereocenters. The summed E-state index contributed by atoms with van der Waals surface area (Å²) in [5, 5.41) is 6.12. The van der Waals surface area contributed by atoms with Crippen LogP contribution in [-0.2, 0) is 9.53 Å². The number of ether oxygens (including phenoxy) is 1. The molecule has 2 rings (SSSR count). The molecule has 0 spiro atoms. The summed E-state index contributed by atoms with van der Waals surface area (Å²) in [5.41, 5.74) is 0.530. The van der Waals surface area contributed by atoms with Crippen LogP contribution in [0.2, 0.25) is 5.02 Å². The van der Waals surface area contributed by atoms with Crippen molar-refractivity contribution in [1.82, 2.24) is 10.6 Å². The molecule has 1 fully saturated rings. The van der Waals surface area contributed by atoms with Gasteiger partial charge >= 0.3 is 0 Å². The van der Waals surface area contributed by atoms with E-state index in [2.05, 4.69) is 10.6 Å². The van der Waals surface area contributed by atoms with Gasteiger partial charge < -0.3 is 15.4 Å². The van der Waals surface area contributed by atoms with E-state index in [0.29, 0.717) is 30.3 Å². The Morgan fingerprint density at radius 3 is 2.57 bits per heavy atom. The standard InChI is InChI=1S/C17H23ClN2O3/c18-15-6-4-14(5-7-15)17(22)20-10-8-16(21)19-9-1-11-23-12-13-2-3-13/h4-7,13H,1-3,8-12H2,(H,19,21)(H,20,22). The van der Waals surface area contributed by atoms with Crippen LogP contribution in [0.3, 0.4) is 0 Å². The van der Waals surface area contributed by atoms with Crippen LogP contribution in [0, 0.1) is 5.92 Å². The molecule has 0 bridgehead atoms. The molecule has 0 radical (unpaired) electrons. The van der Waals surface area contributed by atoms with E-state index in [-0.39, 0.29) is 18.2 Å². The Hall–Kier alpha value is -1.59. The normalized spacial score (nSPS) is 13.6. The number of hydrogen-bond acceptors (Lipinski definition) is 3. The Kier molecular flexibility index (Phi) is 7.36. The van der Waals surface area contributed by atoms with Gasteiger partial charge in [0.15, 0.2) is 0 Å². The largest absolute Gasteiger partial charge is 0.381 e. The summed E-state index contributed by atoms with van der Waals surface area (Å²) in [6, 6.07) is 6.63. The smallest absolute Gasteiger partial charge is 0.251 e. The van der Waals surface area contributed by atoms with Gasteiger partial charge in [0, 0.05) is 43.3 Å². The van der Waals surface area contributed by atoms with E-state index in [0.717, 1.165) is 18.9 Å². The molecule has 2 N–H and O–H groups in total. The predicted octanol–water partition coefficient (Wildman–Crippen LogP) is 2.39. The van der Waals surface area contributed by atoms with E-state index < -0.39 is 0 Å². The number of carbonyl (C=O) groups excluding carboxylic acids is 2. The van der Waals surface area contributed by atoms with Gasteiger partial charge in [0.05, 0.1) is 0 Å². The molecule has 6 heteroatoms. The second kappa shape index (κ2) is 9.53. The molecule has 0 atom stereocenters. The SMILES string of the molecule is O=C(CCNC(=O)c1ccc(Cl)cc1)NCCCOCC1CC1. The van der Waals surface area contributed by atoms with Gasteiger partial charge in [0.2, 0.25) is 5.91 Å². The van der Waals surface area contributed by atoms with Crippen LogP contribution in [0.15, 0.2) is 24.3 Å². The van der Waals surface area contributed by atoms with Crippen molar-refractivity contribution in [2.75, 3.05) is 26.3 Å². The zero-order chi connectivity index (χ0) is 16.5. The molecule has 1 aliphatic carbocycles. The number of amides is 2. The second-order valence-electron chi connectivity index (χ2n) is 5.73. The molecule has 0 aromatic heterocycles. The van der Waals surface area contributed by atoms with Crippen LogP contribution in [0.1, 0.15) is 36.0 Å². The molecule has 5 nitrogen and oxygen atoms in total. The number of benzene rings is 1. The van der Waals surface area contributed by atoms with Crippen LogP contribution < -0.4 is 10.6 Å². The maximum Gasteiger partial charge on any atom is 0.251 e. The highest BCUT2D eigenvalue weighted by molar-refractivity contribution is 6.30. The van der Waals surface area contributed by atoms with Gasteiger partial charge in [0.25, 0.3) is 5.91 Å². The Bertz CT molecular complexity index is 515. The highest BCUT2D eigenvalue weighted by Gasteiger charge is 2.20. The van der Waals surface area contributed by atoms with Crippen molar-refractivity contribution >= 4 is 23.4 Å². The summed E-state index contributed by atoms with van der Waals surface area (Å²) in [7, 11) is 0. The zero-order valence-corrected chi connectivity index (χ0v) is 13.9. The summed E-state index contributed by atoms with van der Waals surface area (Å²) >= 11 is 5.77. The van der Waals surface area contributed by atoms with Gasteiger partial charge in [-0.25, -0.2) is 0 Å². The maximum atomic E-state index is 11.8. The first kappa shape index (κ1) is 17.8. The fourth-order valence-corrected chi connectivity index (χ4v) is 2.14. The molecular formula is C17H23ClN2O3. The Labute approximate surface area is 141 Å². The molecule has 1 aromatic rings. The number of rotatable bonds is 10. The summed E-state index contributed by atoms with van der Waals surface area (Å²) < 4.78 is 5.49. The molecule has 1 aliphatic rings. The Morgan fingerprint density at radius 2 is 1.87 bits per heavy atom. The molecule has 23 heavy (non-hydrogen) atoms. The molecule has 0 aliphatic heterocycles. The first-order valence-electron chi connectivity index (χ1n) is 8.03. The van der Waals surface area contributed by atoms with Crippen molar-refractivity contribution in [2.24, 2.45) is 5.92 Å². The summed E-state index contributed by atoms with van der Waals surface area (Å²) in [6.45, 7) is 2.45. The van der Waals surface area contributed by atoms with Gasteiger partial charge in [-0.05, 0) is 49.4 Å². The van der Waals surface area contributed by atoms with Crippen LogP contribution in [0.25, 0.3) is 0 Å². The molecule has 0 heterocycles. The van der Waals surface area contributed by atoms with Crippen molar-refractivity contribution in [1.29, 1.82) is 0 Å². The van der Waals surface area contributed by atoms with Gasteiger partial charge in [-0.3, -0.25) is 9.59 Å². The molecule has 126 valence electrons. The first-order chi connectivity index (χ1) is 11.1. The predicted molar refractivity (Wildman–Crippen MR) is 89.6 cm³/mol. The van der Waals surface area contributed by atoms with E-state index in [1.165, 1.54) is 12.8 Å². The minimum absolute atomic E-state index is 0.0661. The minimum Gasteiger partial charge on any atom is -0.381 e. The van der Waals surface area contributed by atoms with Crippen LogP contribution in [0.5, 0.6) is 0 Å². The van der Waals surface area contributed by atoms with Crippen LogP contribution in [-0.4, -0.2) is 38.1 Å². The molecule has 1 aromatic carbocycles. The monoisotopic (exact) mass is 338 g/mol. The lowest BCUT2D eigenvalue weighted by atomic mass is 10.2. The third-order valence-corrected chi connectivity index (χ3v) is 3.83. The number of carbonyl (C=O) groups is 2. The highest BCUT2D eigenvalue weighted by Crippen LogP contribution is 2.28. The average molecular weight is 339 g/mol. The lowest BCUT2D eigenvalue weighted by Gasteiger charge is -2.07. The zero-order valence-electron chi connectivity index (χ0n) is 13.1. The Balaban J connectivity index is 1.48. The fraction of sp³-hybridized carbons (Fsp3) is 0.529. The maximum absolute atomic E-state index is 11.8. The van der Waals surface area contributed by atoms with E-state index >= 15 is 0 Å². The lowest BCUT2D eigenvalue weighted by Crippen LogP contribution is -2.31. The summed E-state index contributed by atoms with van der Waals surface area (Å²) in [5.74, 6) is 0.500. The molecular weight excluding hydrogens is 316 g/mol. The van der Waals surface area contributed by atoms with E-state index in [4.69, 9.17) is 16.3 Å². The van der Waals surface area contributed by atoms with Crippen molar-refractivity contribution in [2.45, 2.75) is 25.7 Å². The Morgan fingerprint density at radius 1 is 1.13 bits per heavy atom. The van der Waals surface area contributed by atoms with Crippen molar-refractivity contribution in [3.63, 3.8) is 0 Å². The van der Waals surface area contributed by atoms with Crippen molar-refractivity contribution in [3.05, 3.63) is 34.9 Å².